The highest BCUT2D eigenvalue weighted by Crippen LogP contribution is 2.25. The molecule has 0 saturated carbocycles. The van der Waals surface area contributed by atoms with Gasteiger partial charge in [-0.3, -0.25) is 4.90 Å². The quantitative estimate of drug-likeness (QED) is 0.845. The lowest BCUT2D eigenvalue weighted by atomic mass is 10.2. The van der Waals surface area contributed by atoms with Crippen LogP contribution in [0, 0.1) is 5.82 Å². The van der Waals surface area contributed by atoms with E-state index in [1.165, 1.54) is 25.9 Å². The van der Waals surface area contributed by atoms with Crippen LogP contribution in [-0.2, 0) is 0 Å². The Morgan fingerprint density at radius 2 is 2.06 bits per heavy atom. The van der Waals surface area contributed by atoms with Gasteiger partial charge in [0.15, 0.2) is 11.6 Å². The molecule has 0 radical (unpaired) electrons. The van der Waals surface area contributed by atoms with Crippen molar-refractivity contribution in [3.63, 3.8) is 0 Å². The maximum atomic E-state index is 13.7. The van der Waals surface area contributed by atoms with Crippen molar-refractivity contribution >= 4 is 11.8 Å². The Bertz CT molecular complexity index is 432. The molecule has 0 aliphatic carbocycles. The Morgan fingerprint density at radius 3 is 2.83 bits per heavy atom. The molecule has 1 aromatic rings. The van der Waals surface area contributed by atoms with Crippen LogP contribution in [0.2, 0.25) is 0 Å². The molecular weight excluding hydrogens is 233 g/mol. The molecule has 2 aliphatic rings. The predicted molar refractivity (Wildman–Crippen MR) is 67.8 cm³/mol. The second-order valence-corrected chi connectivity index (χ2v) is 5.03. The normalized spacial score (nSPS) is 24.9. The van der Waals surface area contributed by atoms with E-state index in [1.54, 1.807) is 0 Å². The SMILES string of the molecule is Nc1ncc(F)c(N2CCC(N3CCCC3)C2)n1. The van der Waals surface area contributed by atoms with Crippen LogP contribution in [-0.4, -0.2) is 47.1 Å². The lowest BCUT2D eigenvalue weighted by molar-refractivity contribution is 0.260. The van der Waals surface area contributed by atoms with Crippen LogP contribution in [0.3, 0.4) is 0 Å². The van der Waals surface area contributed by atoms with Crippen LogP contribution in [0.1, 0.15) is 19.3 Å². The van der Waals surface area contributed by atoms with Gasteiger partial charge < -0.3 is 10.6 Å². The zero-order chi connectivity index (χ0) is 12.5. The summed E-state index contributed by atoms with van der Waals surface area (Å²) >= 11 is 0. The van der Waals surface area contributed by atoms with Gasteiger partial charge in [0.05, 0.1) is 6.20 Å². The van der Waals surface area contributed by atoms with Crippen LogP contribution in [0.15, 0.2) is 6.20 Å². The summed E-state index contributed by atoms with van der Waals surface area (Å²) in [6, 6.07) is 0.531. The van der Waals surface area contributed by atoms with Crippen LogP contribution in [0.5, 0.6) is 0 Å². The molecular formula is C12H18FN5. The third-order valence-electron chi connectivity index (χ3n) is 3.86. The van der Waals surface area contributed by atoms with Gasteiger partial charge in [-0.1, -0.05) is 0 Å². The first-order chi connectivity index (χ1) is 8.74. The number of rotatable bonds is 2. The molecule has 1 atom stereocenters. The zero-order valence-electron chi connectivity index (χ0n) is 10.3. The Morgan fingerprint density at radius 1 is 1.28 bits per heavy atom. The first-order valence-electron chi connectivity index (χ1n) is 6.51. The molecule has 0 amide bonds. The number of likely N-dealkylation sites (tertiary alicyclic amines) is 1. The number of anilines is 2. The summed E-state index contributed by atoms with van der Waals surface area (Å²) < 4.78 is 13.7. The van der Waals surface area contributed by atoms with E-state index in [2.05, 4.69) is 14.9 Å². The number of hydrogen-bond donors (Lipinski definition) is 1. The molecule has 98 valence electrons. The van der Waals surface area contributed by atoms with Gasteiger partial charge in [0, 0.05) is 19.1 Å². The molecule has 2 saturated heterocycles. The van der Waals surface area contributed by atoms with Crippen LogP contribution in [0.25, 0.3) is 0 Å². The fourth-order valence-corrected chi connectivity index (χ4v) is 2.93. The molecule has 0 bridgehead atoms. The van der Waals surface area contributed by atoms with Crippen LogP contribution < -0.4 is 10.6 Å². The van der Waals surface area contributed by atoms with E-state index in [-0.39, 0.29) is 11.8 Å². The second-order valence-electron chi connectivity index (χ2n) is 5.03. The average molecular weight is 251 g/mol. The Balaban J connectivity index is 1.72. The summed E-state index contributed by atoms with van der Waals surface area (Å²) in [7, 11) is 0. The van der Waals surface area contributed by atoms with Crippen molar-refractivity contribution in [2.45, 2.75) is 25.3 Å². The zero-order valence-corrected chi connectivity index (χ0v) is 10.3. The minimum absolute atomic E-state index is 0.135. The molecule has 2 aliphatic heterocycles. The summed E-state index contributed by atoms with van der Waals surface area (Å²) in [6.07, 6.45) is 4.79. The molecule has 2 fully saturated rings. The smallest absolute Gasteiger partial charge is 0.222 e. The van der Waals surface area contributed by atoms with Gasteiger partial charge in [0.1, 0.15) is 0 Å². The van der Waals surface area contributed by atoms with Crippen LogP contribution in [0.4, 0.5) is 16.2 Å². The third-order valence-corrected chi connectivity index (χ3v) is 3.86. The van der Waals surface area contributed by atoms with Gasteiger partial charge in [-0.25, -0.2) is 9.37 Å². The molecule has 1 unspecified atom stereocenters. The van der Waals surface area contributed by atoms with Gasteiger partial charge in [0.2, 0.25) is 5.95 Å². The number of aromatic nitrogens is 2. The molecule has 5 nitrogen and oxygen atoms in total. The van der Waals surface area contributed by atoms with Crippen molar-refractivity contribution in [3.05, 3.63) is 12.0 Å². The third kappa shape index (κ3) is 2.12. The average Bonchev–Trinajstić information content (AvgIpc) is 3.00. The Labute approximate surface area is 106 Å². The van der Waals surface area contributed by atoms with Crippen molar-refractivity contribution in [3.8, 4) is 0 Å². The molecule has 18 heavy (non-hydrogen) atoms. The van der Waals surface area contributed by atoms with E-state index >= 15 is 0 Å². The van der Waals surface area contributed by atoms with E-state index in [1.807, 2.05) is 4.90 Å². The Kier molecular flexibility index (Phi) is 3.03. The highest BCUT2D eigenvalue weighted by atomic mass is 19.1. The van der Waals surface area contributed by atoms with Crippen molar-refractivity contribution in [1.82, 2.24) is 14.9 Å². The predicted octanol–water partition coefficient (Wildman–Crippen LogP) is 0.872. The van der Waals surface area contributed by atoms with Gasteiger partial charge in [-0.15, -0.1) is 0 Å². The molecule has 0 spiro atoms. The molecule has 3 heterocycles. The highest BCUT2D eigenvalue weighted by Gasteiger charge is 2.31. The first-order valence-corrected chi connectivity index (χ1v) is 6.51. The monoisotopic (exact) mass is 251 g/mol. The van der Waals surface area contributed by atoms with E-state index < -0.39 is 0 Å². The van der Waals surface area contributed by atoms with Gasteiger partial charge in [0.25, 0.3) is 0 Å². The highest BCUT2D eigenvalue weighted by molar-refractivity contribution is 5.43. The summed E-state index contributed by atoms with van der Waals surface area (Å²) in [5, 5.41) is 0. The number of nitrogen functional groups attached to an aromatic ring is 1. The fourth-order valence-electron chi connectivity index (χ4n) is 2.93. The standard InChI is InChI=1S/C12H18FN5/c13-10-7-15-12(14)16-11(10)18-6-3-9(8-18)17-4-1-2-5-17/h7,9H,1-6,8H2,(H2,14,15,16). The van der Waals surface area contributed by atoms with E-state index in [9.17, 15) is 4.39 Å². The van der Waals surface area contributed by atoms with E-state index in [4.69, 9.17) is 5.73 Å². The summed E-state index contributed by atoms with van der Waals surface area (Å²) in [5.74, 6) is 0.103. The minimum atomic E-state index is -0.383. The molecule has 2 N–H and O–H groups in total. The van der Waals surface area contributed by atoms with Gasteiger partial charge >= 0.3 is 0 Å². The second kappa shape index (κ2) is 4.68. The lowest BCUT2D eigenvalue weighted by Gasteiger charge is -2.24. The lowest BCUT2D eigenvalue weighted by Crippen LogP contribution is -2.35. The Hall–Kier alpha value is -1.43. The first kappa shape index (κ1) is 11.6. The summed E-state index contributed by atoms with van der Waals surface area (Å²) in [5.41, 5.74) is 5.53. The molecule has 1 aromatic heterocycles. The molecule has 3 rings (SSSR count). The van der Waals surface area contributed by atoms with Crippen molar-refractivity contribution in [2.75, 3.05) is 36.8 Å². The largest absolute Gasteiger partial charge is 0.368 e. The van der Waals surface area contributed by atoms with E-state index in [0.717, 1.165) is 25.7 Å². The van der Waals surface area contributed by atoms with Crippen molar-refractivity contribution in [2.24, 2.45) is 0 Å². The van der Waals surface area contributed by atoms with Crippen molar-refractivity contribution in [1.29, 1.82) is 0 Å². The van der Waals surface area contributed by atoms with Gasteiger partial charge in [-0.05, 0) is 32.4 Å². The minimum Gasteiger partial charge on any atom is -0.368 e. The molecule has 6 heteroatoms. The number of nitrogens with two attached hydrogens (primary N) is 1. The molecule has 0 aromatic carbocycles. The van der Waals surface area contributed by atoms with Crippen LogP contribution >= 0.6 is 0 Å². The summed E-state index contributed by atoms with van der Waals surface area (Å²) in [4.78, 5) is 12.2. The maximum Gasteiger partial charge on any atom is 0.222 e. The summed E-state index contributed by atoms with van der Waals surface area (Å²) in [6.45, 7) is 4.03. The van der Waals surface area contributed by atoms with Gasteiger partial charge in [-0.2, -0.15) is 4.98 Å². The maximum absolute atomic E-state index is 13.7. The topological polar surface area (TPSA) is 58.3 Å². The fraction of sp³-hybridized carbons (Fsp3) is 0.667. The van der Waals surface area contributed by atoms with E-state index in [0.29, 0.717) is 11.9 Å². The number of hydrogen-bond acceptors (Lipinski definition) is 5. The van der Waals surface area contributed by atoms with Crippen molar-refractivity contribution < 1.29 is 4.39 Å². The number of nitrogens with zero attached hydrogens (tertiary/aromatic N) is 4. The number of halogens is 1.